The van der Waals surface area contributed by atoms with Crippen LogP contribution in [0.15, 0.2) is 29.1 Å². The molecule has 0 unspecified atom stereocenters. The summed E-state index contributed by atoms with van der Waals surface area (Å²) in [5.74, 6) is -0.0778. The van der Waals surface area contributed by atoms with Gasteiger partial charge in [-0.05, 0) is 52.7 Å². The second-order valence-corrected chi connectivity index (χ2v) is 8.73. The Morgan fingerprint density at radius 1 is 1.10 bits per heavy atom. The fourth-order valence-corrected chi connectivity index (χ4v) is 3.84. The molecule has 0 atom stereocenters. The van der Waals surface area contributed by atoms with E-state index in [1.165, 1.54) is 0 Å². The summed E-state index contributed by atoms with van der Waals surface area (Å²) in [7, 11) is 0. The van der Waals surface area contributed by atoms with E-state index in [4.69, 9.17) is 4.74 Å². The Labute approximate surface area is 176 Å². The Kier molecular flexibility index (Phi) is 6.53. The number of rotatable bonds is 5. The number of hydrogen-bond donors (Lipinski definition) is 1. The largest absolute Gasteiger partial charge is 0.444 e. The van der Waals surface area contributed by atoms with E-state index in [-0.39, 0.29) is 30.2 Å². The van der Waals surface area contributed by atoms with Crippen molar-refractivity contribution in [3.05, 3.63) is 34.7 Å². The van der Waals surface area contributed by atoms with Crippen LogP contribution in [0, 0.1) is 0 Å². The minimum Gasteiger partial charge on any atom is -0.444 e. The van der Waals surface area contributed by atoms with Gasteiger partial charge in [0.2, 0.25) is 5.91 Å². The number of benzene rings is 1. The smallest absolute Gasteiger partial charge is 0.410 e. The van der Waals surface area contributed by atoms with Crippen LogP contribution in [-0.2, 0) is 22.6 Å². The molecule has 2 heterocycles. The summed E-state index contributed by atoms with van der Waals surface area (Å²) in [6.45, 7) is 9.54. The molecule has 8 heteroatoms. The third-order valence-electron chi connectivity index (χ3n) is 5.32. The van der Waals surface area contributed by atoms with Gasteiger partial charge in [0.25, 0.3) is 0 Å². The molecule has 1 aliphatic heterocycles. The topological polar surface area (TPSA) is 85.6 Å². The first-order valence-electron chi connectivity index (χ1n) is 10.6. The molecule has 1 fully saturated rings. The number of amides is 2. The summed E-state index contributed by atoms with van der Waals surface area (Å²) in [4.78, 5) is 39.0. The van der Waals surface area contributed by atoms with Crippen molar-refractivity contribution in [2.75, 3.05) is 13.1 Å². The zero-order chi connectivity index (χ0) is 21.9. The van der Waals surface area contributed by atoms with Crippen LogP contribution in [0.4, 0.5) is 4.79 Å². The number of piperidine rings is 1. The van der Waals surface area contributed by atoms with E-state index < -0.39 is 5.60 Å². The third-order valence-corrected chi connectivity index (χ3v) is 5.32. The number of ether oxygens (including phenoxy) is 1. The lowest BCUT2D eigenvalue weighted by Gasteiger charge is -2.33. The monoisotopic (exact) mass is 416 g/mol. The molecule has 1 N–H and O–H groups in total. The maximum atomic E-state index is 12.7. The van der Waals surface area contributed by atoms with Crippen LogP contribution in [0.5, 0.6) is 0 Å². The van der Waals surface area contributed by atoms with E-state index in [1.54, 1.807) is 14.0 Å². The molecule has 0 spiro atoms. The zero-order valence-corrected chi connectivity index (χ0v) is 18.3. The fourth-order valence-electron chi connectivity index (χ4n) is 3.84. The number of carbonyl (C=O) groups is 2. The molecule has 1 saturated heterocycles. The maximum Gasteiger partial charge on any atom is 0.410 e. The van der Waals surface area contributed by atoms with E-state index >= 15 is 0 Å². The van der Waals surface area contributed by atoms with Gasteiger partial charge in [0, 0.05) is 38.6 Å². The Balaban J connectivity index is 1.52. The van der Waals surface area contributed by atoms with Crippen molar-refractivity contribution in [2.24, 2.45) is 0 Å². The van der Waals surface area contributed by atoms with E-state index in [1.807, 2.05) is 52.0 Å². The molecule has 8 nitrogen and oxygen atoms in total. The average molecular weight is 417 g/mol. The van der Waals surface area contributed by atoms with Gasteiger partial charge in [-0.3, -0.25) is 13.9 Å². The first-order chi connectivity index (χ1) is 14.2. The van der Waals surface area contributed by atoms with E-state index in [2.05, 4.69) is 5.32 Å². The highest BCUT2D eigenvalue weighted by molar-refractivity contribution is 5.78. The van der Waals surface area contributed by atoms with Crippen LogP contribution in [0.1, 0.15) is 47.0 Å². The van der Waals surface area contributed by atoms with Gasteiger partial charge in [-0.2, -0.15) is 0 Å². The number of likely N-dealkylation sites (tertiary alicyclic amines) is 1. The number of imidazole rings is 1. The standard InChI is InChI=1S/C22H32N4O4/c1-5-25-17-8-6-7-9-18(17)26(20(25)28)15-12-19(27)23-16-10-13-24(14-11-16)21(29)30-22(2,3)4/h6-9,16H,5,10-15H2,1-4H3,(H,23,27). The fraction of sp³-hybridized carbons (Fsp3) is 0.591. The summed E-state index contributed by atoms with van der Waals surface area (Å²) in [6, 6.07) is 7.68. The predicted octanol–water partition coefficient (Wildman–Crippen LogP) is 2.73. The highest BCUT2D eigenvalue weighted by Crippen LogP contribution is 2.16. The Hall–Kier alpha value is -2.77. The van der Waals surface area contributed by atoms with Gasteiger partial charge in [-0.1, -0.05) is 12.1 Å². The lowest BCUT2D eigenvalue weighted by atomic mass is 10.1. The van der Waals surface area contributed by atoms with Crippen LogP contribution in [0.3, 0.4) is 0 Å². The summed E-state index contributed by atoms with van der Waals surface area (Å²) in [6.07, 6.45) is 1.32. The van der Waals surface area contributed by atoms with Crippen LogP contribution in [-0.4, -0.2) is 50.8 Å². The molecule has 1 aromatic carbocycles. The van der Waals surface area contributed by atoms with Gasteiger partial charge < -0.3 is 15.0 Å². The van der Waals surface area contributed by atoms with Gasteiger partial charge >= 0.3 is 11.8 Å². The van der Waals surface area contributed by atoms with Crippen molar-refractivity contribution in [1.82, 2.24) is 19.4 Å². The normalized spacial score (nSPS) is 15.4. The van der Waals surface area contributed by atoms with Gasteiger partial charge in [0.15, 0.2) is 0 Å². The number of aromatic nitrogens is 2. The molecule has 0 aliphatic carbocycles. The molecule has 0 radical (unpaired) electrons. The lowest BCUT2D eigenvalue weighted by molar-refractivity contribution is -0.122. The highest BCUT2D eigenvalue weighted by atomic mass is 16.6. The van der Waals surface area contributed by atoms with Gasteiger partial charge in [0.05, 0.1) is 11.0 Å². The Morgan fingerprint density at radius 3 is 2.27 bits per heavy atom. The van der Waals surface area contributed by atoms with Gasteiger partial charge in [-0.15, -0.1) is 0 Å². The molecular formula is C22H32N4O4. The van der Waals surface area contributed by atoms with Crippen LogP contribution in [0.25, 0.3) is 11.0 Å². The van der Waals surface area contributed by atoms with E-state index in [0.717, 1.165) is 11.0 Å². The second kappa shape index (κ2) is 8.93. The molecule has 164 valence electrons. The van der Waals surface area contributed by atoms with E-state index in [9.17, 15) is 14.4 Å². The van der Waals surface area contributed by atoms with Crippen LogP contribution >= 0.6 is 0 Å². The predicted molar refractivity (Wildman–Crippen MR) is 115 cm³/mol. The molecule has 1 aromatic heterocycles. The minimum absolute atomic E-state index is 0.0323. The Morgan fingerprint density at radius 2 is 1.70 bits per heavy atom. The summed E-state index contributed by atoms with van der Waals surface area (Å²) in [5.41, 5.74) is 1.14. The molecular weight excluding hydrogens is 384 g/mol. The number of nitrogens with zero attached hydrogens (tertiary/aromatic N) is 3. The van der Waals surface area contributed by atoms with E-state index in [0.29, 0.717) is 39.0 Å². The van der Waals surface area contributed by atoms with Crippen molar-refractivity contribution in [1.29, 1.82) is 0 Å². The highest BCUT2D eigenvalue weighted by Gasteiger charge is 2.27. The van der Waals surface area contributed by atoms with Crippen molar-refractivity contribution < 1.29 is 14.3 Å². The molecule has 0 bridgehead atoms. The van der Waals surface area contributed by atoms with Crippen LogP contribution in [0.2, 0.25) is 0 Å². The molecule has 2 amide bonds. The molecule has 3 rings (SSSR count). The first kappa shape index (κ1) is 21.9. The molecule has 1 aliphatic rings. The van der Waals surface area contributed by atoms with Crippen molar-refractivity contribution >= 4 is 23.0 Å². The number of aryl methyl sites for hydroxylation is 2. The molecule has 2 aromatic rings. The van der Waals surface area contributed by atoms with Crippen molar-refractivity contribution in [2.45, 2.75) is 71.7 Å². The van der Waals surface area contributed by atoms with Gasteiger partial charge in [0.1, 0.15) is 5.60 Å². The Bertz CT molecular complexity index is 962. The lowest BCUT2D eigenvalue weighted by Crippen LogP contribution is -2.48. The summed E-state index contributed by atoms with van der Waals surface area (Å²) in [5, 5.41) is 3.05. The van der Waals surface area contributed by atoms with Gasteiger partial charge in [-0.25, -0.2) is 9.59 Å². The summed E-state index contributed by atoms with van der Waals surface area (Å²) < 4.78 is 8.80. The SMILES string of the molecule is CCn1c(=O)n(CCC(=O)NC2CCN(C(=O)OC(C)(C)C)CC2)c2ccccc21. The third kappa shape index (κ3) is 5.04. The number of para-hydroxylation sites is 2. The van der Waals surface area contributed by atoms with Crippen molar-refractivity contribution in [3.8, 4) is 0 Å². The number of nitrogens with one attached hydrogen (secondary N) is 1. The molecule has 0 saturated carbocycles. The second-order valence-electron chi connectivity index (χ2n) is 8.73. The zero-order valence-electron chi connectivity index (χ0n) is 18.3. The van der Waals surface area contributed by atoms with Crippen molar-refractivity contribution in [3.63, 3.8) is 0 Å². The number of fused-ring (bicyclic) bond motifs is 1. The maximum absolute atomic E-state index is 12.7. The minimum atomic E-state index is -0.513. The number of hydrogen-bond acceptors (Lipinski definition) is 4. The average Bonchev–Trinajstić information content (AvgIpc) is 2.96. The quantitative estimate of drug-likeness (QED) is 0.812. The molecule has 30 heavy (non-hydrogen) atoms. The summed E-state index contributed by atoms with van der Waals surface area (Å²) >= 11 is 0. The number of carbonyl (C=O) groups excluding carboxylic acids is 2. The van der Waals surface area contributed by atoms with Crippen LogP contribution < -0.4 is 11.0 Å². The first-order valence-corrected chi connectivity index (χ1v) is 10.6.